The maximum atomic E-state index is 13.2. The summed E-state index contributed by atoms with van der Waals surface area (Å²) in [7, 11) is 0. The zero-order valence-corrected chi connectivity index (χ0v) is 12.0. The van der Waals surface area contributed by atoms with Gasteiger partial charge in [0, 0.05) is 13.0 Å². The normalized spacial score (nSPS) is 22.2. The summed E-state index contributed by atoms with van der Waals surface area (Å²) in [6.07, 6.45) is 1.76. The van der Waals surface area contributed by atoms with Gasteiger partial charge in [-0.1, -0.05) is 0 Å². The lowest BCUT2D eigenvalue weighted by atomic mass is 9.94. The molecule has 7 nitrogen and oxygen atoms in total. The van der Waals surface area contributed by atoms with Crippen molar-refractivity contribution in [3.63, 3.8) is 0 Å². The van der Waals surface area contributed by atoms with Crippen molar-refractivity contribution in [2.24, 2.45) is 0 Å². The van der Waals surface area contributed by atoms with Crippen LogP contribution in [0.4, 0.5) is 10.1 Å². The van der Waals surface area contributed by atoms with E-state index < -0.39 is 11.1 Å². The third-order valence-electron chi connectivity index (χ3n) is 3.78. The minimum absolute atomic E-state index is 0.0201. The third-order valence-corrected chi connectivity index (χ3v) is 3.78. The molecule has 2 rings (SSSR count). The first-order chi connectivity index (χ1) is 10.0. The molecule has 0 spiro atoms. The van der Waals surface area contributed by atoms with Gasteiger partial charge in [-0.25, -0.2) is 4.39 Å². The Morgan fingerprint density at radius 2 is 2.14 bits per heavy atom. The number of nitrogens with zero attached hydrogens (tertiary/aromatic N) is 3. The fraction of sp³-hybridized carbons (Fsp3) is 0.769. The molecule has 8 heteroatoms. The van der Waals surface area contributed by atoms with Gasteiger partial charge in [0.1, 0.15) is 11.9 Å². The van der Waals surface area contributed by atoms with Crippen molar-refractivity contribution in [2.75, 3.05) is 13.2 Å². The molecule has 1 fully saturated rings. The molecule has 1 N–H and O–H groups in total. The molecule has 21 heavy (non-hydrogen) atoms. The summed E-state index contributed by atoms with van der Waals surface area (Å²) in [5.74, 6) is -0.0201. The fourth-order valence-electron chi connectivity index (χ4n) is 2.66. The lowest BCUT2D eigenvalue weighted by Crippen LogP contribution is -2.20. The maximum Gasteiger partial charge on any atom is 0.352 e. The van der Waals surface area contributed by atoms with Crippen LogP contribution in [-0.4, -0.2) is 39.2 Å². The van der Waals surface area contributed by atoms with Gasteiger partial charge in [0.25, 0.3) is 0 Å². The van der Waals surface area contributed by atoms with Crippen LogP contribution in [0.5, 0.6) is 5.88 Å². The molecule has 1 aromatic heterocycles. The fourth-order valence-corrected chi connectivity index (χ4v) is 2.66. The van der Waals surface area contributed by atoms with Crippen LogP contribution >= 0.6 is 0 Å². The van der Waals surface area contributed by atoms with E-state index in [1.807, 2.05) is 0 Å². The van der Waals surface area contributed by atoms with E-state index in [0.717, 1.165) is 0 Å². The largest absolute Gasteiger partial charge is 0.472 e. The van der Waals surface area contributed by atoms with E-state index in [1.165, 1.54) is 0 Å². The summed E-state index contributed by atoms with van der Waals surface area (Å²) < 4.78 is 20.1. The van der Waals surface area contributed by atoms with Crippen LogP contribution in [0.1, 0.15) is 43.8 Å². The summed E-state index contributed by atoms with van der Waals surface area (Å²) >= 11 is 0. The molecule has 0 aromatic carbocycles. The molecular formula is C13H20FN3O4. The number of aliphatic hydroxyl groups excluding tert-OH is 1. The van der Waals surface area contributed by atoms with E-state index in [4.69, 9.17) is 9.84 Å². The third kappa shape index (κ3) is 3.49. The van der Waals surface area contributed by atoms with E-state index in [-0.39, 0.29) is 30.8 Å². The van der Waals surface area contributed by atoms with Crippen molar-refractivity contribution in [1.82, 2.24) is 9.78 Å². The molecule has 0 unspecified atom stereocenters. The molecule has 1 saturated carbocycles. The summed E-state index contributed by atoms with van der Waals surface area (Å²) in [6.45, 7) is 1.75. The van der Waals surface area contributed by atoms with E-state index in [0.29, 0.717) is 37.8 Å². The van der Waals surface area contributed by atoms with Gasteiger partial charge in [0.2, 0.25) is 0 Å². The molecular weight excluding hydrogens is 281 g/mol. The van der Waals surface area contributed by atoms with Crippen LogP contribution in [0, 0.1) is 17.0 Å². The molecule has 0 bridgehead atoms. The van der Waals surface area contributed by atoms with E-state index >= 15 is 0 Å². The highest BCUT2D eigenvalue weighted by Crippen LogP contribution is 2.36. The highest BCUT2D eigenvalue weighted by Gasteiger charge is 2.31. The minimum Gasteiger partial charge on any atom is -0.472 e. The summed E-state index contributed by atoms with van der Waals surface area (Å²) in [5.41, 5.74) is 0.289. The molecule has 0 radical (unpaired) electrons. The average Bonchev–Trinajstić information content (AvgIpc) is 2.77. The van der Waals surface area contributed by atoms with Crippen molar-refractivity contribution in [2.45, 2.75) is 51.2 Å². The number of nitro groups is 1. The number of halogens is 1. The summed E-state index contributed by atoms with van der Waals surface area (Å²) in [5, 5.41) is 24.1. The van der Waals surface area contributed by atoms with Gasteiger partial charge >= 0.3 is 11.6 Å². The number of aromatic nitrogens is 2. The topological polar surface area (TPSA) is 90.4 Å². The number of hydrogen-bond acceptors (Lipinski definition) is 5. The predicted molar refractivity (Wildman–Crippen MR) is 73.2 cm³/mol. The van der Waals surface area contributed by atoms with Gasteiger partial charge in [-0.3, -0.25) is 14.8 Å². The molecule has 1 aliphatic rings. The lowest BCUT2D eigenvalue weighted by molar-refractivity contribution is -0.386. The van der Waals surface area contributed by atoms with Crippen LogP contribution in [0.2, 0.25) is 0 Å². The number of alkyl halides is 1. The maximum absolute atomic E-state index is 13.2. The first kappa shape index (κ1) is 15.7. The van der Waals surface area contributed by atoms with Crippen molar-refractivity contribution in [1.29, 1.82) is 0 Å². The monoisotopic (exact) mass is 301 g/mol. The van der Waals surface area contributed by atoms with Gasteiger partial charge in [-0.15, -0.1) is 5.10 Å². The van der Waals surface area contributed by atoms with Gasteiger partial charge < -0.3 is 9.84 Å². The van der Waals surface area contributed by atoms with Gasteiger partial charge in [0.05, 0.1) is 17.6 Å². The molecule has 1 aliphatic carbocycles. The second-order valence-electron chi connectivity index (χ2n) is 5.27. The van der Waals surface area contributed by atoms with Crippen molar-refractivity contribution in [3.8, 4) is 5.88 Å². The number of hydrogen-bond donors (Lipinski definition) is 1. The Morgan fingerprint density at radius 1 is 1.48 bits per heavy atom. The summed E-state index contributed by atoms with van der Waals surface area (Å²) in [6, 6.07) is -0.0223. The van der Waals surface area contributed by atoms with Crippen LogP contribution in [0.25, 0.3) is 0 Å². The Balaban J connectivity index is 2.21. The van der Waals surface area contributed by atoms with E-state index in [2.05, 4.69) is 5.10 Å². The Kier molecular flexibility index (Phi) is 5.11. The zero-order valence-electron chi connectivity index (χ0n) is 12.0. The van der Waals surface area contributed by atoms with Crippen molar-refractivity contribution in [3.05, 3.63) is 15.8 Å². The van der Waals surface area contributed by atoms with E-state index in [1.54, 1.807) is 11.6 Å². The van der Waals surface area contributed by atoms with Crippen molar-refractivity contribution < 1.29 is 19.2 Å². The molecule has 0 atom stereocenters. The lowest BCUT2D eigenvalue weighted by Gasteiger charge is -2.24. The van der Waals surface area contributed by atoms with E-state index in [9.17, 15) is 14.5 Å². The predicted octanol–water partition coefficient (Wildman–Crippen LogP) is 2.31. The van der Waals surface area contributed by atoms with Crippen LogP contribution in [0.15, 0.2) is 0 Å². The first-order valence-electron chi connectivity index (χ1n) is 7.15. The SMILES string of the molecule is Cc1c([N+](=O)[O-])c(OCCCO)nn1C1CCC(F)CC1. The minimum atomic E-state index is -0.785. The standard InChI is InChI=1S/C13H20FN3O4/c1-9-12(17(19)20)13(21-8-2-7-18)15-16(9)11-5-3-10(14)4-6-11/h10-11,18H,2-8H2,1H3. The molecule has 0 amide bonds. The highest BCUT2D eigenvalue weighted by atomic mass is 19.1. The van der Waals surface area contributed by atoms with Crippen LogP contribution in [0.3, 0.4) is 0 Å². The Labute approximate surface area is 121 Å². The highest BCUT2D eigenvalue weighted by molar-refractivity contribution is 5.45. The van der Waals surface area contributed by atoms with Crippen molar-refractivity contribution >= 4 is 5.69 Å². The number of aliphatic hydroxyl groups is 1. The number of rotatable bonds is 6. The van der Waals surface area contributed by atoms with Gasteiger partial charge in [0.15, 0.2) is 0 Å². The first-order valence-corrected chi connectivity index (χ1v) is 7.15. The average molecular weight is 301 g/mol. The quantitative estimate of drug-likeness (QED) is 0.494. The molecule has 0 saturated heterocycles. The summed E-state index contributed by atoms with van der Waals surface area (Å²) in [4.78, 5) is 10.7. The van der Waals surface area contributed by atoms with Crippen LogP contribution in [-0.2, 0) is 0 Å². The Bertz CT molecular complexity index is 498. The zero-order chi connectivity index (χ0) is 15.4. The van der Waals surface area contributed by atoms with Gasteiger partial charge in [-0.05, 0) is 32.6 Å². The second kappa shape index (κ2) is 6.84. The molecule has 0 aliphatic heterocycles. The Hall–Kier alpha value is -1.70. The second-order valence-corrected chi connectivity index (χ2v) is 5.27. The smallest absolute Gasteiger partial charge is 0.352 e. The van der Waals surface area contributed by atoms with Crippen LogP contribution < -0.4 is 4.74 Å². The number of ether oxygens (including phenoxy) is 1. The molecule has 1 heterocycles. The van der Waals surface area contributed by atoms with Gasteiger partial charge in [-0.2, -0.15) is 0 Å². The molecule has 1 aromatic rings. The molecule has 118 valence electrons. The Morgan fingerprint density at radius 3 is 2.71 bits per heavy atom.